The second-order valence-corrected chi connectivity index (χ2v) is 5.47. The number of hydrogen-bond acceptors (Lipinski definition) is 3. The molecule has 4 N–H and O–H groups in total. The summed E-state index contributed by atoms with van der Waals surface area (Å²) in [7, 11) is 0. The van der Waals surface area contributed by atoms with Gasteiger partial charge in [0.05, 0.1) is 5.37 Å². The molecule has 1 atom stereocenters. The van der Waals surface area contributed by atoms with E-state index >= 15 is 0 Å². The van der Waals surface area contributed by atoms with Crippen molar-refractivity contribution in [2.24, 2.45) is 11.5 Å². The number of thioether (sulfide) groups is 1. The normalized spacial score (nSPS) is 12.2. The number of halogens is 1. The molecule has 16 heavy (non-hydrogen) atoms. The zero-order valence-corrected chi connectivity index (χ0v) is 12.3. The molecule has 0 aliphatic rings. The zero-order valence-electron chi connectivity index (χ0n) is 10.6. The van der Waals surface area contributed by atoms with Crippen LogP contribution in [-0.4, -0.2) is 17.7 Å². The molecule has 0 aromatic heterocycles. The van der Waals surface area contributed by atoms with Crippen LogP contribution < -0.4 is 11.5 Å². The molecule has 4 heteroatoms. The molecule has 0 aromatic rings. The first-order chi connectivity index (χ1) is 7.31. The van der Waals surface area contributed by atoms with E-state index < -0.39 is 0 Å². The van der Waals surface area contributed by atoms with Crippen LogP contribution in [0.15, 0.2) is 0 Å². The molecule has 0 aliphatic carbocycles. The molecule has 0 saturated carbocycles. The largest absolute Gasteiger partial charge is 0.328 e. The fourth-order valence-electron chi connectivity index (χ4n) is 1.54. The Kier molecular flexibility index (Phi) is 18.4. The van der Waals surface area contributed by atoms with Gasteiger partial charge in [-0.05, 0) is 12.2 Å². The van der Waals surface area contributed by atoms with Crippen LogP contribution in [0.25, 0.3) is 0 Å². The van der Waals surface area contributed by atoms with Gasteiger partial charge in [0.2, 0.25) is 0 Å². The van der Waals surface area contributed by atoms with Gasteiger partial charge in [0, 0.05) is 6.54 Å². The summed E-state index contributed by atoms with van der Waals surface area (Å²) in [6.45, 7) is 2.86. The van der Waals surface area contributed by atoms with E-state index in [4.69, 9.17) is 11.5 Å². The Balaban J connectivity index is 0. The minimum Gasteiger partial charge on any atom is -0.328 e. The molecule has 100 valence electrons. The van der Waals surface area contributed by atoms with E-state index in [9.17, 15) is 0 Å². The first kappa shape index (κ1) is 18.9. The van der Waals surface area contributed by atoms with E-state index in [-0.39, 0.29) is 17.8 Å². The van der Waals surface area contributed by atoms with Crippen molar-refractivity contribution in [3.05, 3.63) is 0 Å². The van der Waals surface area contributed by atoms with Crippen molar-refractivity contribution >= 4 is 24.2 Å². The molecule has 2 nitrogen and oxygen atoms in total. The SMILES string of the molecule is CCCCCCCCCCSC(N)CN.Cl. The standard InChI is InChI=1S/C12H28N2S.ClH/c1-2-3-4-5-6-7-8-9-10-15-12(14)11-13;/h12H,2-11,13-14H2,1H3;1H. The van der Waals surface area contributed by atoms with Gasteiger partial charge in [-0.3, -0.25) is 0 Å². The number of nitrogens with two attached hydrogens (primary N) is 2. The van der Waals surface area contributed by atoms with Crippen molar-refractivity contribution < 1.29 is 0 Å². The lowest BCUT2D eigenvalue weighted by Crippen LogP contribution is -2.26. The van der Waals surface area contributed by atoms with Crippen molar-refractivity contribution in [1.82, 2.24) is 0 Å². The topological polar surface area (TPSA) is 52.0 Å². The maximum absolute atomic E-state index is 5.71. The van der Waals surface area contributed by atoms with Gasteiger partial charge in [-0.2, -0.15) is 0 Å². The Morgan fingerprint density at radius 3 is 1.94 bits per heavy atom. The first-order valence-corrected chi connectivity index (χ1v) is 7.43. The molecular weight excluding hydrogens is 240 g/mol. The fourth-order valence-corrected chi connectivity index (χ4v) is 2.35. The molecule has 0 saturated heterocycles. The highest BCUT2D eigenvalue weighted by molar-refractivity contribution is 7.99. The number of hydrogen-bond donors (Lipinski definition) is 2. The van der Waals surface area contributed by atoms with E-state index in [0.717, 1.165) is 0 Å². The minimum atomic E-state index is 0. The quantitative estimate of drug-likeness (QED) is 0.445. The second-order valence-electron chi connectivity index (χ2n) is 4.12. The van der Waals surface area contributed by atoms with Gasteiger partial charge in [-0.25, -0.2) is 0 Å². The third kappa shape index (κ3) is 14.6. The van der Waals surface area contributed by atoms with E-state index in [1.54, 1.807) is 11.8 Å². The molecule has 0 rings (SSSR count). The molecule has 0 heterocycles. The summed E-state index contributed by atoms with van der Waals surface area (Å²) in [5.74, 6) is 1.17. The predicted molar refractivity (Wildman–Crippen MR) is 79.3 cm³/mol. The van der Waals surface area contributed by atoms with Crippen LogP contribution >= 0.6 is 24.2 Å². The Morgan fingerprint density at radius 2 is 1.44 bits per heavy atom. The van der Waals surface area contributed by atoms with Crippen LogP contribution in [0.1, 0.15) is 58.3 Å². The predicted octanol–water partition coefficient (Wildman–Crippen LogP) is 3.53. The lowest BCUT2D eigenvalue weighted by Gasteiger charge is -2.07. The van der Waals surface area contributed by atoms with Gasteiger partial charge < -0.3 is 11.5 Å². The highest BCUT2D eigenvalue weighted by Crippen LogP contribution is 2.12. The van der Waals surface area contributed by atoms with E-state index in [1.165, 1.54) is 57.1 Å². The average molecular weight is 269 g/mol. The lowest BCUT2D eigenvalue weighted by molar-refractivity contribution is 0.586. The van der Waals surface area contributed by atoms with Crippen molar-refractivity contribution in [2.45, 2.75) is 63.7 Å². The Bertz CT molecular complexity index is 126. The maximum Gasteiger partial charge on any atom is 0.0631 e. The van der Waals surface area contributed by atoms with E-state index in [0.29, 0.717) is 6.54 Å². The third-order valence-electron chi connectivity index (χ3n) is 2.56. The monoisotopic (exact) mass is 268 g/mol. The van der Waals surface area contributed by atoms with Crippen LogP contribution in [-0.2, 0) is 0 Å². The third-order valence-corrected chi connectivity index (χ3v) is 3.71. The van der Waals surface area contributed by atoms with Gasteiger partial charge in [0.1, 0.15) is 0 Å². The maximum atomic E-state index is 5.71. The average Bonchev–Trinajstić information content (AvgIpc) is 2.26. The first-order valence-electron chi connectivity index (χ1n) is 6.38. The summed E-state index contributed by atoms with van der Waals surface area (Å²) in [5, 5.41) is 0.148. The van der Waals surface area contributed by atoms with Gasteiger partial charge >= 0.3 is 0 Å². The highest BCUT2D eigenvalue weighted by atomic mass is 35.5. The molecule has 0 radical (unpaired) electrons. The van der Waals surface area contributed by atoms with Gasteiger partial charge in [0.15, 0.2) is 0 Å². The molecule has 0 fully saturated rings. The molecule has 0 aliphatic heterocycles. The Morgan fingerprint density at radius 1 is 0.938 bits per heavy atom. The van der Waals surface area contributed by atoms with E-state index in [2.05, 4.69) is 6.92 Å². The van der Waals surface area contributed by atoms with Crippen molar-refractivity contribution in [3.63, 3.8) is 0 Å². The second kappa shape index (κ2) is 15.6. The Labute approximate surface area is 112 Å². The summed E-state index contributed by atoms with van der Waals surface area (Å²) >= 11 is 1.80. The summed E-state index contributed by atoms with van der Waals surface area (Å²) in [4.78, 5) is 0. The van der Waals surface area contributed by atoms with Gasteiger partial charge in [0.25, 0.3) is 0 Å². The molecule has 0 spiro atoms. The minimum absolute atomic E-state index is 0. The summed E-state index contributed by atoms with van der Waals surface area (Å²) in [5.41, 5.74) is 11.1. The van der Waals surface area contributed by atoms with Gasteiger partial charge in [-0.1, -0.05) is 51.9 Å². The fraction of sp³-hybridized carbons (Fsp3) is 1.00. The highest BCUT2D eigenvalue weighted by Gasteiger charge is 1.98. The van der Waals surface area contributed by atoms with Crippen LogP contribution in [0.4, 0.5) is 0 Å². The molecule has 1 unspecified atom stereocenters. The summed E-state index contributed by atoms with van der Waals surface area (Å²) < 4.78 is 0. The van der Waals surface area contributed by atoms with E-state index in [1.807, 2.05) is 0 Å². The molecule has 0 amide bonds. The summed E-state index contributed by atoms with van der Waals surface area (Å²) in [6.07, 6.45) is 11.0. The van der Waals surface area contributed by atoms with Crippen molar-refractivity contribution in [2.75, 3.05) is 12.3 Å². The molecular formula is C12H29ClN2S. The Hall–Kier alpha value is 0.560. The van der Waals surface area contributed by atoms with Crippen molar-refractivity contribution in [3.8, 4) is 0 Å². The van der Waals surface area contributed by atoms with Crippen LogP contribution in [0, 0.1) is 0 Å². The van der Waals surface area contributed by atoms with Gasteiger partial charge in [-0.15, -0.1) is 24.2 Å². The molecule has 0 bridgehead atoms. The van der Waals surface area contributed by atoms with Crippen LogP contribution in [0.5, 0.6) is 0 Å². The smallest absolute Gasteiger partial charge is 0.0631 e. The lowest BCUT2D eigenvalue weighted by atomic mass is 10.1. The molecule has 0 aromatic carbocycles. The van der Waals surface area contributed by atoms with Crippen LogP contribution in [0.2, 0.25) is 0 Å². The number of unbranched alkanes of at least 4 members (excludes halogenated alkanes) is 7. The van der Waals surface area contributed by atoms with Crippen LogP contribution in [0.3, 0.4) is 0 Å². The number of rotatable bonds is 11. The van der Waals surface area contributed by atoms with Crippen molar-refractivity contribution in [1.29, 1.82) is 0 Å². The zero-order chi connectivity index (χ0) is 11.4. The summed E-state index contributed by atoms with van der Waals surface area (Å²) in [6, 6.07) is 0.